The van der Waals surface area contributed by atoms with Crippen LogP contribution in [0.25, 0.3) is 0 Å². The van der Waals surface area contributed by atoms with Crippen LogP contribution in [-0.2, 0) is 29.5 Å². The van der Waals surface area contributed by atoms with Crippen LogP contribution in [0.4, 0.5) is 0 Å². The van der Waals surface area contributed by atoms with Gasteiger partial charge in [-0.15, -0.1) is 0 Å². The van der Waals surface area contributed by atoms with Gasteiger partial charge in [-0.05, 0) is 81.8 Å². The van der Waals surface area contributed by atoms with Crippen molar-refractivity contribution in [3.63, 3.8) is 0 Å². The summed E-state index contributed by atoms with van der Waals surface area (Å²) in [5.74, 6) is 0. The van der Waals surface area contributed by atoms with Crippen molar-refractivity contribution >= 4 is 10.0 Å². The molecule has 0 aliphatic heterocycles. The summed E-state index contributed by atoms with van der Waals surface area (Å²) in [4.78, 5) is 0.311. The Morgan fingerprint density at radius 1 is 0.828 bits per heavy atom. The van der Waals surface area contributed by atoms with Gasteiger partial charge in [0.05, 0.1) is 4.90 Å². The topological polar surface area (TPSA) is 72.2 Å². The molecule has 2 aromatic carbocycles. The molecule has 0 amide bonds. The SMILES string of the molecule is Cc1ccc(C)c(C)c1C.Cc1ccc(S(=O)(=O)N[C@H]2CCCC[C@@H]2N)cc1.[Ru]. The minimum Gasteiger partial charge on any atom is -0.326 e. The standard InChI is InChI=1S/C13H20N2O2S.C10H14.Ru/c1-10-6-8-11(9-7-10)18(16,17)15-13-5-3-2-4-12(13)14;1-7-5-6-8(2)10(4)9(7)3;/h6-9,12-13,15H,2-5,14H2,1H3;5-6H,1-4H3;/t12-,13-;;/m0../s1. The maximum Gasteiger partial charge on any atom is 0.240 e. The monoisotopic (exact) mass is 504 g/mol. The van der Waals surface area contributed by atoms with Gasteiger partial charge < -0.3 is 5.73 Å². The largest absolute Gasteiger partial charge is 0.326 e. The molecule has 1 saturated carbocycles. The Hall–Kier alpha value is -1.07. The van der Waals surface area contributed by atoms with E-state index in [0.29, 0.717) is 4.90 Å². The number of aryl methyl sites for hydroxylation is 3. The molecule has 29 heavy (non-hydrogen) atoms. The van der Waals surface area contributed by atoms with Gasteiger partial charge in [0.1, 0.15) is 0 Å². The molecule has 1 aliphatic rings. The Balaban J connectivity index is 0.000000327. The van der Waals surface area contributed by atoms with Gasteiger partial charge in [0.15, 0.2) is 0 Å². The van der Waals surface area contributed by atoms with E-state index < -0.39 is 10.0 Å². The summed E-state index contributed by atoms with van der Waals surface area (Å²) in [5, 5.41) is 0. The zero-order valence-electron chi connectivity index (χ0n) is 18.1. The molecule has 0 bridgehead atoms. The van der Waals surface area contributed by atoms with Crippen molar-refractivity contribution in [1.29, 1.82) is 0 Å². The van der Waals surface area contributed by atoms with Crippen molar-refractivity contribution in [3.05, 3.63) is 64.2 Å². The second kappa shape index (κ2) is 11.4. The van der Waals surface area contributed by atoms with Crippen LogP contribution in [0, 0.1) is 34.6 Å². The Bertz CT molecular complexity index is 869. The van der Waals surface area contributed by atoms with E-state index >= 15 is 0 Å². The molecule has 2 aromatic rings. The molecule has 3 rings (SSSR count). The third-order valence-electron chi connectivity index (χ3n) is 5.79. The van der Waals surface area contributed by atoms with Crippen LogP contribution in [-0.4, -0.2) is 20.5 Å². The number of nitrogens with two attached hydrogens (primary N) is 1. The van der Waals surface area contributed by atoms with Crippen molar-refractivity contribution in [2.75, 3.05) is 0 Å². The molecule has 1 fully saturated rings. The van der Waals surface area contributed by atoms with Crippen molar-refractivity contribution in [1.82, 2.24) is 4.72 Å². The van der Waals surface area contributed by atoms with E-state index in [2.05, 4.69) is 44.5 Å². The Labute approximate surface area is 189 Å². The van der Waals surface area contributed by atoms with E-state index in [4.69, 9.17) is 5.73 Å². The zero-order valence-corrected chi connectivity index (χ0v) is 20.7. The first-order valence-corrected chi connectivity index (χ1v) is 11.5. The molecule has 0 radical (unpaired) electrons. The summed E-state index contributed by atoms with van der Waals surface area (Å²) in [6, 6.07) is 11.0. The third-order valence-corrected chi connectivity index (χ3v) is 7.29. The van der Waals surface area contributed by atoms with Crippen molar-refractivity contribution in [2.24, 2.45) is 5.73 Å². The quantitative estimate of drug-likeness (QED) is 0.608. The molecule has 0 unspecified atom stereocenters. The molecule has 0 heterocycles. The summed E-state index contributed by atoms with van der Waals surface area (Å²) < 4.78 is 27.1. The zero-order chi connectivity index (χ0) is 20.9. The first-order chi connectivity index (χ1) is 13.1. The molecule has 1 aliphatic carbocycles. The summed E-state index contributed by atoms with van der Waals surface area (Å²) in [6.45, 7) is 10.6. The predicted molar refractivity (Wildman–Crippen MR) is 117 cm³/mol. The molecular formula is C23H34N2O2RuS. The van der Waals surface area contributed by atoms with Gasteiger partial charge in [0.25, 0.3) is 0 Å². The van der Waals surface area contributed by atoms with E-state index in [1.807, 2.05) is 6.92 Å². The minimum absolute atomic E-state index is 0. The van der Waals surface area contributed by atoms with Crippen molar-refractivity contribution in [3.8, 4) is 0 Å². The van der Waals surface area contributed by atoms with Crippen LogP contribution in [0.1, 0.15) is 53.5 Å². The van der Waals surface area contributed by atoms with Gasteiger partial charge in [-0.2, -0.15) is 0 Å². The van der Waals surface area contributed by atoms with Crippen LogP contribution in [0.3, 0.4) is 0 Å². The van der Waals surface area contributed by atoms with E-state index in [1.54, 1.807) is 24.3 Å². The smallest absolute Gasteiger partial charge is 0.240 e. The molecule has 6 heteroatoms. The summed E-state index contributed by atoms with van der Waals surface area (Å²) >= 11 is 0. The van der Waals surface area contributed by atoms with Gasteiger partial charge in [-0.25, -0.2) is 13.1 Å². The van der Waals surface area contributed by atoms with Gasteiger partial charge >= 0.3 is 0 Å². The molecule has 0 saturated heterocycles. The number of benzene rings is 2. The summed E-state index contributed by atoms with van der Waals surface area (Å²) in [7, 11) is -3.44. The second-order valence-electron chi connectivity index (χ2n) is 7.94. The van der Waals surface area contributed by atoms with Gasteiger partial charge in [0.2, 0.25) is 10.0 Å². The second-order valence-corrected chi connectivity index (χ2v) is 9.65. The first-order valence-electron chi connectivity index (χ1n) is 10.00. The normalized spacial score (nSPS) is 19.0. The van der Waals surface area contributed by atoms with Crippen LogP contribution >= 0.6 is 0 Å². The molecule has 162 valence electrons. The summed E-state index contributed by atoms with van der Waals surface area (Å²) in [6.07, 6.45) is 3.84. The maximum absolute atomic E-state index is 12.2. The predicted octanol–water partition coefficient (Wildman–Crippen LogP) is 4.46. The number of nitrogens with one attached hydrogen (secondary N) is 1. The van der Waals surface area contributed by atoms with Crippen LogP contribution in [0.5, 0.6) is 0 Å². The van der Waals surface area contributed by atoms with Crippen LogP contribution in [0.15, 0.2) is 41.3 Å². The summed E-state index contributed by atoms with van der Waals surface area (Å²) in [5.41, 5.74) is 12.7. The number of hydrogen-bond acceptors (Lipinski definition) is 3. The molecular weight excluding hydrogens is 469 g/mol. The minimum atomic E-state index is -3.44. The fourth-order valence-corrected chi connectivity index (χ4v) is 4.70. The van der Waals surface area contributed by atoms with E-state index in [0.717, 1.165) is 31.2 Å². The number of sulfonamides is 1. The average Bonchev–Trinajstić information content (AvgIpc) is 2.66. The molecule has 4 nitrogen and oxygen atoms in total. The molecule has 3 N–H and O–H groups in total. The molecule has 0 spiro atoms. The van der Waals surface area contributed by atoms with Crippen LogP contribution < -0.4 is 10.5 Å². The maximum atomic E-state index is 12.2. The number of hydrogen-bond donors (Lipinski definition) is 2. The Kier molecular flexibility index (Phi) is 10.2. The van der Waals surface area contributed by atoms with E-state index in [1.165, 1.54) is 22.3 Å². The van der Waals surface area contributed by atoms with Gasteiger partial charge in [-0.1, -0.05) is 42.7 Å². The van der Waals surface area contributed by atoms with Crippen molar-refractivity contribution < 1.29 is 27.9 Å². The van der Waals surface area contributed by atoms with Crippen LogP contribution in [0.2, 0.25) is 0 Å². The fraction of sp³-hybridized carbons (Fsp3) is 0.478. The molecule has 2 atom stereocenters. The van der Waals surface area contributed by atoms with Gasteiger partial charge in [0, 0.05) is 31.6 Å². The van der Waals surface area contributed by atoms with Gasteiger partial charge in [-0.3, -0.25) is 0 Å². The third kappa shape index (κ3) is 7.29. The van der Waals surface area contributed by atoms with E-state index in [9.17, 15) is 8.42 Å². The average molecular weight is 504 g/mol. The first kappa shape index (κ1) is 26.0. The van der Waals surface area contributed by atoms with E-state index in [-0.39, 0.29) is 31.6 Å². The Morgan fingerprint density at radius 2 is 1.31 bits per heavy atom. The Morgan fingerprint density at radius 3 is 1.79 bits per heavy atom. The number of rotatable bonds is 3. The van der Waals surface area contributed by atoms with Crippen molar-refractivity contribution in [2.45, 2.75) is 77.3 Å². The fourth-order valence-electron chi connectivity index (χ4n) is 3.38. The molecule has 0 aromatic heterocycles.